The minimum atomic E-state index is 0.0929. The summed E-state index contributed by atoms with van der Waals surface area (Å²) in [4.78, 5) is 4.38. The third-order valence-corrected chi connectivity index (χ3v) is 3.82. The number of methoxy groups -OCH3 is 1. The van der Waals surface area contributed by atoms with E-state index in [1.165, 1.54) is 0 Å². The molecule has 2 rings (SSSR count). The smallest absolute Gasteiger partial charge is 0.133 e. The molecule has 19 heavy (non-hydrogen) atoms. The zero-order chi connectivity index (χ0) is 13.8. The Hall–Kier alpha value is -1.48. The Morgan fingerprint density at radius 1 is 1.32 bits per heavy atom. The van der Waals surface area contributed by atoms with E-state index in [1.807, 2.05) is 24.3 Å². The van der Waals surface area contributed by atoms with Gasteiger partial charge in [-0.2, -0.15) is 0 Å². The highest BCUT2D eigenvalue weighted by molar-refractivity contribution is 6.21. The quantitative estimate of drug-likeness (QED) is 0.842. The zero-order valence-electron chi connectivity index (χ0n) is 11.5. The van der Waals surface area contributed by atoms with Crippen LogP contribution in [0.1, 0.15) is 13.8 Å². The van der Waals surface area contributed by atoms with Crippen molar-refractivity contribution in [1.29, 1.82) is 0 Å². The summed E-state index contributed by atoms with van der Waals surface area (Å²) >= 11 is 6.25. The van der Waals surface area contributed by atoms with Gasteiger partial charge in [-0.1, -0.05) is 13.8 Å². The van der Waals surface area contributed by atoms with Crippen LogP contribution in [0, 0.1) is 5.92 Å². The number of fused-ring (bicyclic) bond motifs is 1. The topological polar surface area (TPSA) is 34.1 Å². The summed E-state index contributed by atoms with van der Waals surface area (Å²) in [5.74, 6) is 2.15. The molecule has 0 saturated carbocycles. The van der Waals surface area contributed by atoms with E-state index in [4.69, 9.17) is 16.3 Å². The highest BCUT2D eigenvalue weighted by atomic mass is 35.5. The molecule has 3 nitrogen and oxygen atoms in total. The predicted molar refractivity (Wildman–Crippen MR) is 81.3 cm³/mol. The number of benzene rings is 1. The first-order valence-corrected chi connectivity index (χ1v) is 6.86. The van der Waals surface area contributed by atoms with Crippen molar-refractivity contribution in [1.82, 2.24) is 4.98 Å². The van der Waals surface area contributed by atoms with Gasteiger partial charge < -0.3 is 10.1 Å². The summed E-state index contributed by atoms with van der Waals surface area (Å²) < 4.78 is 5.23. The molecule has 1 aromatic heterocycles. The summed E-state index contributed by atoms with van der Waals surface area (Å²) in [6, 6.07) is 7.93. The molecule has 0 fully saturated rings. The Labute approximate surface area is 118 Å². The van der Waals surface area contributed by atoms with Crippen LogP contribution in [-0.4, -0.2) is 24.0 Å². The third kappa shape index (κ3) is 3.29. The van der Waals surface area contributed by atoms with Gasteiger partial charge in [0.05, 0.1) is 12.5 Å². The molecular formula is C15H19ClN2O. The highest BCUT2D eigenvalue weighted by Crippen LogP contribution is 2.25. The summed E-state index contributed by atoms with van der Waals surface area (Å²) in [6.45, 7) is 4.93. The number of rotatable bonds is 5. The van der Waals surface area contributed by atoms with Crippen molar-refractivity contribution in [2.75, 3.05) is 19.0 Å². The summed E-state index contributed by atoms with van der Waals surface area (Å²) in [5.41, 5.74) is 0. The summed E-state index contributed by atoms with van der Waals surface area (Å²) in [5, 5.41) is 5.60. The lowest BCUT2D eigenvalue weighted by Gasteiger charge is -2.15. The maximum atomic E-state index is 6.25. The van der Waals surface area contributed by atoms with Crippen LogP contribution in [0.25, 0.3) is 10.8 Å². The molecule has 4 heteroatoms. The number of pyridine rings is 1. The van der Waals surface area contributed by atoms with Crippen LogP contribution >= 0.6 is 11.6 Å². The molecular weight excluding hydrogens is 260 g/mol. The number of anilines is 1. The van der Waals surface area contributed by atoms with E-state index >= 15 is 0 Å². The fourth-order valence-corrected chi connectivity index (χ4v) is 1.93. The van der Waals surface area contributed by atoms with Gasteiger partial charge in [0.1, 0.15) is 11.6 Å². The van der Waals surface area contributed by atoms with Gasteiger partial charge in [0.15, 0.2) is 0 Å². The number of nitrogens with zero attached hydrogens (tertiary/aromatic N) is 1. The Kier molecular flexibility index (Phi) is 4.48. The number of alkyl halides is 1. The Morgan fingerprint density at radius 3 is 2.79 bits per heavy atom. The van der Waals surface area contributed by atoms with E-state index in [2.05, 4.69) is 24.1 Å². The Bertz CT molecular complexity index is 557. The van der Waals surface area contributed by atoms with Gasteiger partial charge in [-0.05, 0) is 35.6 Å². The van der Waals surface area contributed by atoms with Crippen LogP contribution in [0.3, 0.4) is 0 Å². The van der Waals surface area contributed by atoms with Gasteiger partial charge >= 0.3 is 0 Å². The minimum absolute atomic E-state index is 0.0929. The van der Waals surface area contributed by atoms with Gasteiger partial charge in [0.25, 0.3) is 0 Å². The fraction of sp³-hybridized carbons (Fsp3) is 0.400. The Morgan fingerprint density at radius 2 is 2.11 bits per heavy atom. The predicted octanol–water partition coefficient (Wildman–Crippen LogP) is 3.92. The number of hydrogen-bond acceptors (Lipinski definition) is 3. The van der Waals surface area contributed by atoms with Crippen molar-refractivity contribution in [2.45, 2.75) is 19.2 Å². The maximum absolute atomic E-state index is 6.25. The number of halogens is 1. The normalized spacial score (nSPS) is 12.7. The lowest BCUT2D eigenvalue weighted by molar-refractivity contribution is 0.415. The van der Waals surface area contributed by atoms with E-state index in [0.717, 1.165) is 22.3 Å². The third-order valence-electron chi connectivity index (χ3n) is 3.16. The molecule has 0 aliphatic carbocycles. The van der Waals surface area contributed by atoms with Gasteiger partial charge in [0.2, 0.25) is 0 Å². The molecule has 1 heterocycles. The van der Waals surface area contributed by atoms with Crippen molar-refractivity contribution >= 4 is 28.2 Å². The van der Waals surface area contributed by atoms with Crippen molar-refractivity contribution in [3.63, 3.8) is 0 Å². The molecule has 0 spiro atoms. The minimum Gasteiger partial charge on any atom is -0.497 e. The van der Waals surface area contributed by atoms with Crippen LogP contribution in [0.4, 0.5) is 5.82 Å². The molecule has 1 N–H and O–H groups in total. The first kappa shape index (κ1) is 13.9. The van der Waals surface area contributed by atoms with Crippen molar-refractivity contribution in [2.24, 2.45) is 5.92 Å². The van der Waals surface area contributed by atoms with Crippen LogP contribution in [0.15, 0.2) is 30.5 Å². The van der Waals surface area contributed by atoms with E-state index in [-0.39, 0.29) is 5.38 Å². The largest absolute Gasteiger partial charge is 0.497 e. The second kappa shape index (κ2) is 6.11. The molecule has 0 aliphatic rings. The van der Waals surface area contributed by atoms with Crippen LogP contribution in [-0.2, 0) is 0 Å². The number of ether oxygens (including phenoxy) is 1. The lowest BCUT2D eigenvalue weighted by atomic mass is 10.1. The first-order chi connectivity index (χ1) is 9.11. The fourth-order valence-electron chi connectivity index (χ4n) is 1.85. The molecule has 1 atom stereocenters. The summed E-state index contributed by atoms with van der Waals surface area (Å²) in [7, 11) is 1.67. The van der Waals surface area contributed by atoms with Crippen molar-refractivity contribution < 1.29 is 4.74 Å². The second-order valence-electron chi connectivity index (χ2n) is 4.89. The molecule has 1 unspecified atom stereocenters. The van der Waals surface area contributed by atoms with E-state index in [9.17, 15) is 0 Å². The summed E-state index contributed by atoms with van der Waals surface area (Å²) in [6.07, 6.45) is 1.79. The van der Waals surface area contributed by atoms with Gasteiger partial charge in [-0.3, -0.25) is 0 Å². The van der Waals surface area contributed by atoms with E-state index in [0.29, 0.717) is 12.5 Å². The van der Waals surface area contributed by atoms with Crippen molar-refractivity contribution in [3.8, 4) is 5.75 Å². The maximum Gasteiger partial charge on any atom is 0.133 e. The molecule has 0 amide bonds. The second-order valence-corrected chi connectivity index (χ2v) is 5.45. The molecule has 0 saturated heterocycles. The number of aromatic nitrogens is 1. The standard InChI is InChI=1S/C15H19ClN2O/c1-10(2)14(16)9-18-15-13-5-4-12(19-3)8-11(13)6-7-17-15/h4-8,10,14H,9H2,1-3H3,(H,17,18). The SMILES string of the molecule is COc1ccc2c(NCC(Cl)C(C)C)nccc2c1. The van der Waals surface area contributed by atoms with Gasteiger partial charge in [-0.15, -0.1) is 11.6 Å². The van der Waals surface area contributed by atoms with E-state index in [1.54, 1.807) is 13.3 Å². The molecule has 2 aromatic rings. The zero-order valence-corrected chi connectivity index (χ0v) is 12.2. The highest BCUT2D eigenvalue weighted by Gasteiger charge is 2.10. The molecule has 0 radical (unpaired) electrons. The van der Waals surface area contributed by atoms with Gasteiger partial charge in [-0.25, -0.2) is 4.98 Å². The van der Waals surface area contributed by atoms with E-state index < -0.39 is 0 Å². The molecule has 0 aliphatic heterocycles. The average Bonchev–Trinajstić information content (AvgIpc) is 2.43. The monoisotopic (exact) mass is 278 g/mol. The molecule has 0 bridgehead atoms. The van der Waals surface area contributed by atoms with Gasteiger partial charge in [0, 0.05) is 18.1 Å². The average molecular weight is 279 g/mol. The van der Waals surface area contributed by atoms with Crippen molar-refractivity contribution in [3.05, 3.63) is 30.5 Å². The molecule has 102 valence electrons. The first-order valence-electron chi connectivity index (χ1n) is 6.42. The molecule has 1 aromatic carbocycles. The van der Waals surface area contributed by atoms with Crippen LogP contribution < -0.4 is 10.1 Å². The lowest BCUT2D eigenvalue weighted by Crippen LogP contribution is -2.20. The van der Waals surface area contributed by atoms with Crippen LogP contribution in [0.2, 0.25) is 0 Å². The Balaban J connectivity index is 2.23. The number of hydrogen-bond donors (Lipinski definition) is 1. The van der Waals surface area contributed by atoms with Crippen LogP contribution in [0.5, 0.6) is 5.75 Å². The number of nitrogens with one attached hydrogen (secondary N) is 1.